The van der Waals surface area contributed by atoms with Crippen LogP contribution in [0.15, 0.2) is 30.5 Å². The summed E-state index contributed by atoms with van der Waals surface area (Å²) in [5.74, 6) is -2.03. The van der Waals surface area contributed by atoms with E-state index in [4.69, 9.17) is 16.9 Å². The average Bonchev–Trinajstić information content (AvgIpc) is 2.45. The van der Waals surface area contributed by atoms with Crippen LogP contribution < -0.4 is 0 Å². The largest absolute Gasteiger partial charge is 0.506 e. The first-order valence-corrected chi connectivity index (χ1v) is 6.06. The molecule has 2 aromatic rings. The Morgan fingerprint density at radius 2 is 1.90 bits per heavy atom. The number of nitrogens with zero attached hydrogens (tertiary/aromatic N) is 2. The van der Waals surface area contributed by atoms with E-state index < -0.39 is 17.9 Å². The summed E-state index contributed by atoms with van der Waals surface area (Å²) >= 11 is 5.75. The number of aromatic nitrogens is 1. The number of amides is 1. The van der Waals surface area contributed by atoms with Crippen LogP contribution >= 0.6 is 11.8 Å². The predicted molar refractivity (Wildman–Crippen MR) is 72.5 cm³/mol. The van der Waals surface area contributed by atoms with E-state index in [1.807, 2.05) is 0 Å². The van der Waals surface area contributed by atoms with Crippen molar-refractivity contribution in [2.75, 3.05) is 0 Å². The van der Waals surface area contributed by atoms with Crippen LogP contribution in [0.5, 0.6) is 5.75 Å². The zero-order chi connectivity index (χ0) is 14.9. The molecule has 1 atom stereocenters. The molecule has 2 N–H and O–H groups in total. The first-order chi connectivity index (χ1) is 9.43. The van der Waals surface area contributed by atoms with Crippen LogP contribution in [-0.2, 0) is 4.79 Å². The van der Waals surface area contributed by atoms with Crippen molar-refractivity contribution in [1.29, 1.82) is 0 Å². The van der Waals surface area contributed by atoms with Gasteiger partial charge in [0, 0.05) is 22.5 Å². The van der Waals surface area contributed by atoms with Crippen LogP contribution in [0.1, 0.15) is 17.4 Å². The van der Waals surface area contributed by atoms with E-state index in [9.17, 15) is 14.7 Å². The van der Waals surface area contributed by atoms with Crippen LogP contribution in [0.25, 0.3) is 10.8 Å². The summed E-state index contributed by atoms with van der Waals surface area (Å²) in [4.78, 5) is 26.9. The van der Waals surface area contributed by atoms with Gasteiger partial charge in [-0.05, 0) is 6.92 Å². The van der Waals surface area contributed by atoms with E-state index in [0.29, 0.717) is 15.2 Å². The Kier molecular flexibility index (Phi) is 3.76. The molecule has 0 aliphatic rings. The molecule has 1 heterocycles. The number of hydrogen-bond acceptors (Lipinski definition) is 4. The Bertz CT molecular complexity index is 689. The summed E-state index contributed by atoms with van der Waals surface area (Å²) in [5, 5.41) is 19.4. The molecule has 0 saturated carbocycles. The Morgan fingerprint density at radius 3 is 2.50 bits per heavy atom. The smallest absolute Gasteiger partial charge is 0.327 e. The van der Waals surface area contributed by atoms with E-state index in [0.717, 1.165) is 6.20 Å². The fraction of sp³-hybridized carbons (Fsp3) is 0.154. The van der Waals surface area contributed by atoms with Gasteiger partial charge in [0.2, 0.25) is 0 Å². The van der Waals surface area contributed by atoms with Gasteiger partial charge in [-0.25, -0.2) is 14.2 Å². The lowest BCUT2D eigenvalue weighted by molar-refractivity contribution is -0.140. The van der Waals surface area contributed by atoms with Gasteiger partial charge in [-0.15, -0.1) is 0 Å². The maximum Gasteiger partial charge on any atom is 0.327 e. The lowest BCUT2D eigenvalue weighted by Crippen LogP contribution is -2.36. The van der Waals surface area contributed by atoms with Crippen molar-refractivity contribution in [2.24, 2.45) is 0 Å². The van der Waals surface area contributed by atoms with Crippen molar-refractivity contribution in [2.45, 2.75) is 13.0 Å². The number of benzene rings is 1. The second-order valence-corrected chi connectivity index (χ2v) is 4.53. The molecule has 0 spiro atoms. The molecule has 104 valence electrons. The van der Waals surface area contributed by atoms with E-state index >= 15 is 0 Å². The van der Waals surface area contributed by atoms with E-state index in [-0.39, 0.29) is 11.4 Å². The molecule has 2 rings (SSSR count). The normalized spacial score (nSPS) is 12.1. The molecule has 0 aliphatic carbocycles. The topological polar surface area (TPSA) is 90.7 Å². The standard InChI is InChI=1S/C13H11ClN2O4/c1-7(13(19)20)16(14)12(18)11-9-5-3-2-4-8(9)10(17)6-15-11/h2-7,17H,1H3,(H,19,20)/t7-/m1/s1. The number of rotatable bonds is 3. The number of pyridine rings is 1. The van der Waals surface area contributed by atoms with Gasteiger partial charge < -0.3 is 10.2 Å². The van der Waals surface area contributed by atoms with Crippen LogP contribution in [0.4, 0.5) is 0 Å². The zero-order valence-corrected chi connectivity index (χ0v) is 11.2. The molecule has 6 nitrogen and oxygen atoms in total. The number of fused-ring (bicyclic) bond motifs is 1. The lowest BCUT2D eigenvalue weighted by atomic mass is 10.1. The van der Waals surface area contributed by atoms with Crippen LogP contribution in [-0.4, -0.2) is 37.5 Å². The molecular formula is C13H11ClN2O4. The van der Waals surface area contributed by atoms with E-state index in [2.05, 4.69) is 4.98 Å². The summed E-state index contributed by atoms with van der Waals surface area (Å²) in [6.45, 7) is 1.29. The first-order valence-electron chi connectivity index (χ1n) is 5.72. The fourth-order valence-corrected chi connectivity index (χ4v) is 1.89. The molecule has 7 heteroatoms. The van der Waals surface area contributed by atoms with Crippen molar-refractivity contribution < 1.29 is 19.8 Å². The number of carbonyl (C=O) groups excluding carboxylic acids is 1. The lowest BCUT2D eigenvalue weighted by Gasteiger charge is -2.18. The second-order valence-electron chi connectivity index (χ2n) is 4.17. The molecule has 0 bridgehead atoms. The van der Waals surface area contributed by atoms with Gasteiger partial charge >= 0.3 is 5.97 Å². The number of aromatic hydroxyl groups is 1. The Balaban J connectivity index is 2.51. The SMILES string of the molecule is C[C@H](C(=O)O)N(Cl)C(=O)c1ncc(O)c2ccccc12. The minimum atomic E-state index is -1.23. The molecule has 0 saturated heterocycles. The third-order valence-electron chi connectivity index (χ3n) is 2.87. The van der Waals surface area contributed by atoms with Gasteiger partial charge in [-0.3, -0.25) is 4.79 Å². The monoisotopic (exact) mass is 294 g/mol. The highest BCUT2D eigenvalue weighted by Crippen LogP contribution is 2.26. The van der Waals surface area contributed by atoms with E-state index in [1.165, 1.54) is 6.92 Å². The van der Waals surface area contributed by atoms with Gasteiger partial charge in [0.1, 0.15) is 17.5 Å². The number of carbonyl (C=O) groups is 2. The highest BCUT2D eigenvalue weighted by atomic mass is 35.5. The van der Waals surface area contributed by atoms with E-state index in [1.54, 1.807) is 24.3 Å². The van der Waals surface area contributed by atoms with Gasteiger partial charge in [0.05, 0.1) is 6.20 Å². The number of hydrogen-bond donors (Lipinski definition) is 2. The molecule has 0 radical (unpaired) electrons. The Morgan fingerprint density at radius 1 is 1.30 bits per heavy atom. The molecule has 20 heavy (non-hydrogen) atoms. The van der Waals surface area contributed by atoms with Crippen LogP contribution in [0, 0.1) is 0 Å². The van der Waals surface area contributed by atoms with Gasteiger partial charge in [0.25, 0.3) is 5.91 Å². The average molecular weight is 295 g/mol. The molecule has 1 amide bonds. The first kappa shape index (κ1) is 14.1. The van der Waals surface area contributed by atoms with Crippen molar-refractivity contribution in [3.8, 4) is 5.75 Å². The fourth-order valence-electron chi connectivity index (χ4n) is 1.72. The summed E-state index contributed by atoms with van der Waals surface area (Å²) < 4.78 is 0.578. The number of halogens is 1. The van der Waals surface area contributed by atoms with Gasteiger partial charge in [0.15, 0.2) is 0 Å². The molecule has 0 fully saturated rings. The van der Waals surface area contributed by atoms with Crippen molar-refractivity contribution in [1.82, 2.24) is 9.40 Å². The van der Waals surface area contributed by atoms with Crippen molar-refractivity contribution in [3.63, 3.8) is 0 Å². The maximum absolute atomic E-state index is 12.2. The molecule has 0 unspecified atom stereocenters. The van der Waals surface area contributed by atoms with Crippen molar-refractivity contribution >= 4 is 34.4 Å². The molecule has 0 aliphatic heterocycles. The zero-order valence-electron chi connectivity index (χ0n) is 10.4. The highest BCUT2D eigenvalue weighted by Gasteiger charge is 2.27. The number of carboxylic acid groups (broad SMARTS) is 1. The quantitative estimate of drug-likeness (QED) is 0.845. The minimum absolute atomic E-state index is 0.0125. The second kappa shape index (κ2) is 5.34. The summed E-state index contributed by atoms with van der Waals surface area (Å²) in [6.07, 6.45) is 1.13. The predicted octanol–water partition coefficient (Wildman–Crippen LogP) is 2.01. The Hall–Kier alpha value is -2.34. The molecule has 1 aromatic carbocycles. The van der Waals surface area contributed by atoms with Crippen molar-refractivity contribution in [3.05, 3.63) is 36.2 Å². The van der Waals surface area contributed by atoms with Crippen LogP contribution in [0.2, 0.25) is 0 Å². The number of aliphatic carboxylic acids is 1. The highest BCUT2D eigenvalue weighted by molar-refractivity contribution is 6.26. The molecule has 1 aromatic heterocycles. The molecular weight excluding hydrogens is 284 g/mol. The maximum atomic E-state index is 12.2. The summed E-state index contributed by atoms with van der Waals surface area (Å²) in [5.41, 5.74) is -0.0125. The number of carboxylic acids is 1. The third-order valence-corrected chi connectivity index (χ3v) is 3.31. The third kappa shape index (κ3) is 2.37. The summed E-state index contributed by atoms with van der Waals surface area (Å²) in [6, 6.07) is 5.42. The minimum Gasteiger partial charge on any atom is -0.506 e. The van der Waals surface area contributed by atoms with Crippen LogP contribution in [0.3, 0.4) is 0 Å². The van der Waals surface area contributed by atoms with Gasteiger partial charge in [-0.2, -0.15) is 0 Å². The summed E-state index contributed by atoms with van der Waals surface area (Å²) in [7, 11) is 0. The van der Waals surface area contributed by atoms with Gasteiger partial charge in [-0.1, -0.05) is 24.3 Å². The Labute approximate surface area is 119 Å².